The van der Waals surface area contributed by atoms with Gasteiger partial charge in [0.05, 0.1) is 11.7 Å². The minimum atomic E-state index is -1.07. The largest absolute Gasteiger partial charge is 0.480 e. The van der Waals surface area contributed by atoms with Crippen LogP contribution in [0.5, 0.6) is 0 Å². The van der Waals surface area contributed by atoms with Gasteiger partial charge in [-0.2, -0.15) is 0 Å². The number of nitrogens with one attached hydrogen (secondary N) is 2. The number of nitrogens with zero attached hydrogens (tertiary/aromatic N) is 3. The third kappa shape index (κ3) is 5.51. The first-order chi connectivity index (χ1) is 17.5. The molecular formula is C27H33N5O4. The molecule has 0 aromatic carbocycles. The molecule has 0 radical (unpaired) electrons. The number of rotatable bonds is 10. The monoisotopic (exact) mass is 491 g/mol. The predicted octanol–water partition coefficient (Wildman–Crippen LogP) is 3.33. The van der Waals surface area contributed by atoms with Crippen LogP contribution >= 0.6 is 0 Å². The third-order valence-corrected chi connectivity index (χ3v) is 7.29. The van der Waals surface area contributed by atoms with Crippen LogP contribution in [-0.2, 0) is 29.4 Å². The summed E-state index contributed by atoms with van der Waals surface area (Å²) in [4.78, 5) is 33.4. The molecular weight excluding hydrogens is 458 g/mol. The third-order valence-electron chi connectivity index (χ3n) is 7.29. The van der Waals surface area contributed by atoms with Crippen LogP contribution in [0.3, 0.4) is 0 Å². The highest BCUT2D eigenvalue weighted by Crippen LogP contribution is 2.34. The Hall–Kier alpha value is -3.46. The molecule has 3 aromatic heterocycles. The molecule has 0 saturated heterocycles. The van der Waals surface area contributed by atoms with Crippen molar-refractivity contribution in [3.05, 3.63) is 53.5 Å². The number of carbonyl (C=O) groups excluding carboxylic acids is 1. The van der Waals surface area contributed by atoms with Crippen molar-refractivity contribution in [1.82, 2.24) is 19.9 Å². The summed E-state index contributed by atoms with van der Waals surface area (Å²) in [7, 11) is 1.88. The SMILES string of the molecule is Cn1ccc2cc(C(=O)N[C@@H](CCO[C@H]3C[C@H](CCc4ccc5c(n4)NCCC5)C3)C(=O)O)cnc21. The molecule has 2 aliphatic rings. The first kappa shape index (κ1) is 24.2. The number of ether oxygens (including phenoxy) is 1. The Kier molecular flexibility index (Phi) is 7.18. The summed E-state index contributed by atoms with van der Waals surface area (Å²) >= 11 is 0. The molecule has 0 unspecified atom stereocenters. The van der Waals surface area contributed by atoms with Crippen LogP contribution in [0.25, 0.3) is 11.0 Å². The van der Waals surface area contributed by atoms with Gasteiger partial charge < -0.3 is 25.0 Å². The number of anilines is 1. The van der Waals surface area contributed by atoms with E-state index >= 15 is 0 Å². The molecule has 0 spiro atoms. The molecule has 1 fully saturated rings. The minimum absolute atomic E-state index is 0.156. The van der Waals surface area contributed by atoms with Gasteiger partial charge >= 0.3 is 5.97 Å². The second-order valence-electron chi connectivity index (χ2n) is 9.93. The van der Waals surface area contributed by atoms with Crippen LogP contribution in [0, 0.1) is 5.92 Å². The first-order valence-corrected chi connectivity index (χ1v) is 12.8. The molecule has 36 heavy (non-hydrogen) atoms. The van der Waals surface area contributed by atoms with Crippen molar-refractivity contribution in [1.29, 1.82) is 0 Å². The Morgan fingerprint density at radius 1 is 1.31 bits per heavy atom. The lowest BCUT2D eigenvalue weighted by atomic mass is 9.79. The van der Waals surface area contributed by atoms with E-state index in [1.165, 1.54) is 18.2 Å². The van der Waals surface area contributed by atoms with Gasteiger partial charge in [-0.05, 0) is 68.2 Å². The molecule has 1 aliphatic heterocycles. The lowest BCUT2D eigenvalue weighted by Gasteiger charge is -2.35. The smallest absolute Gasteiger partial charge is 0.326 e. The van der Waals surface area contributed by atoms with Gasteiger partial charge in [-0.1, -0.05) is 6.07 Å². The van der Waals surface area contributed by atoms with Crippen molar-refractivity contribution < 1.29 is 19.4 Å². The molecule has 3 N–H and O–H groups in total. The number of amides is 1. The zero-order chi connectivity index (χ0) is 25.1. The van der Waals surface area contributed by atoms with Crippen LogP contribution < -0.4 is 10.6 Å². The zero-order valence-corrected chi connectivity index (χ0v) is 20.6. The molecule has 190 valence electrons. The topological polar surface area (TPSA) is 118 Å². The molecule has 9 heteroatoms. The minimum Gasteiger partial charge on any atom is -0.480 e. The highest BCUT2D eigenvalue weighted by Gasteiger charge is 2.30. The van der Waals surface area contributed by atoms with E-state index < -0.39 is 17.9 Å². The number of pyridine rings is 2. The van der Waals surface area contributed by atoms with Gasteiger partial charge in [-0.3, -0.25) is 4.79 Å². The lowest BCUT2D eigenvalue weighted by molar-refractivity contribution is -0.140. The highest BCUT2D eigenvalue weighted by atomic mass is 16.5. The molecule has 1 saturated carbocycles. The second-order valence-corrected chi connectivity index (χ2v) is 9.93. The van der Waals surface area contributed by atoms with E-state index in [-0.39, 0.29) is 12.5 Å². The predicted molar refractivity (Wildman–Crippen MR) is 136 cm³/mol. The number of carboxylic acids is 1. The summed E-state index contributed by atoms with van der Waals surface area (Å²) in [5, 5.41) is 16.4. The fourth-order valence-corrected chi connectivity index (χ4v) is 5.04. The van der Waals surface area contributed by atoms with E-state index in [1.807, 2.05) is 23.9 Å². The zero-order valence-electron chi connectivity index (χ0n) is 20.6. The van der Waals surface area contributed by atoms with Crippen molar-refractivity contribution in [2.75, 3.05) is 18.5 Å². The Morgan fingerprint density at radius 3 is 3.00 bits per heavy atom. The van der Waals surface area contributed by atoms with Gasteiger partial charge in [-0.15, -0.1) is 0 Å². The summed E-state index contributed by atoms with van der Waals surface area (Å²) < 4.78 is 7.77. The number of aryl methyl sites for hydroxylation is 3. The van der Waals surface area contributed by atoms with E-state index in [2.05, 4.69) is 27.8 Å². The van der Waals surface area contributed by atoms with Gasteiger partial charge in [0, 0.05) is 50.1 Å². The van der Waals surface area contributed by atoms with Gasteiger partial charge in [0.1, 0.15) is 17.5 Å². The summed E-state index contributed by atoms with van der Waals surface area (Å²) in [5.74, 6) is 0.135. The first-order valence-electron chi connectivity index (χ1n) is 12.8. The van der Waals surface area contributed by atoms with Crippen molar-refractivity contribution in [3.63, 3.8) is 0 Å². The maximum atomic E-state index is 12.6. The van der Waals surface area contributed by atoms with Crippen molar-refractivity contribution in [2.24, 2.45) is 13.0 Å². The van der Waals surface area contributed by atoms with E-state index in [1.54, 1.807) is 6.07 Å². The maximum Gasteiger partial charge on any atom is 0.326 e. The average Bonchev–Trinajstić information content (AvgIpc) is 3.23. The van der Waals surface area contributed by atoms with Crippen LogP contribution in [0.2, 0.25) is 0 Å². The Balaban J connectivity index is 1.03. The molecule has 0 bridgehead atoms. The van der Waals surface area contributed by atoms with Crippen LogP contribution in [0.1, 0.15) is 53.7 Å². The van der Waals surface area contributed by atoms with E-state index in [4.69, 9.17) is 9.72 Å². The summed E-state index contributed by atoms with van der Waals surface area (Å²) in [5.41, 5.74) is 3.55. The standard InChI is InChI=1S/C27H33N5O4/c1-32-11-8-19-15-20(16-29-25(19)32)26(33)31-23(27(34)35)9-12-36-22-13-17(14-22)4-6-21-7-5-18-3-2-10-28-24(18)30-21/h5,7-8,11,15-17,22-23H,2-4,6,9-10,12-14H2,1H3,(H,28,30)(H,31,33)(H,34,35)/t17-,22-,23-/m0/s1. The van der Waals surface area contributed by atoms with Crippen LogP contribution in [0.4, 0.5) is 5.82 Å². The van der Waals surface area contributed by atoms with E-state index in [0.717, 1.165) is 61.2 Å². The van der Waals surface area contributed by atoms with Crippen molar-refractivity contribution in [2.45, 2.75) is 57.1 Å². The van der Waals surface area contributed by atoms with Crippen molar-refractivity contribution in [3.8, 4) is 0 Å². The number of hydrogen-bond acceptors (Lipinski definition) is 6. The second kappa shape index (κ2) is 10.7. The lowest BCUT2D eigenvalue weighted by Crippen LogP contribution is -2.42. The highest BCUT2D eigenvalue weighted by molar-refractivity contribution is 5.98. The molecule has 4 heterocycles. The van der Waals surface area contributed by atoms with E-state index in [0.29, 0.717) is 18.1 Å². The normalized spacial score (nSPS) is 19.7. The molecule has 9 nitrogen and oxygen atoms in total. The number of carbonyl (C=O) groups is 2. The fraction of sp³-hybridized carbons (Fsp3) is 0.481. The summed E-state index contributed by atoms with van der Waals surface area (Å²) in [6.07, 6.45) is 9.98. The molecule has 1 atom stereocenters. The summed E-state index contributed by atoms with van der Waals surface area (Å²) in [6.45, 7) is 1.29. The molecule has 3 aromatic rings. The Bertz CT molecular complexity index is 1250. The van der Waals surface area contributed by atoms with Gasteiger partial charge in [0.25, 0.3) is 5.91 Å². The quantitative estimate of drug-likeness (QED) is 0.398. The Morgan fingerprint density at radius 2 is 2.17 bits per heavy atom. The number of aromatic nitrogens is 3. The number of hydrogen-bond donors (Lipinski definition) is 3. The molecule has 5 rings (SSSR count). The van der Waals surface area contributed by atoms with Gasteiger partial charge in [0.2, 0.25) is 0 Å². The van der Waals surface area contributed by atoms with Crippen LogP contribution in [0.15, 0.2) is 36.7 Å². The average molecular weight is 492 g/mol. The van der Waals surface area contributed by atoms with Gasteiger partial charge in [-0.25, -0.2) is 14.8 Å². The molecule has 1 aliphatic carbocycles. The maximum absolute atomic E-state index is 12.6. The number of aliphatic carboxylic acids is 1. The van der Waals surface area contributed by atoms with Crippen LogP contribution in [-0.4, -0.2) is 56.8 Å². The summed E-state index contributed by atoms with van der Waals surface area (Å²) in [6, 6.07) is 6.92. The number of fused-ring (bicyclic) bond motifs is 2. The Labute approximate surface area is 210 Å². The number of carboxylic acid groups (broad SMARTS) is 1. The van der Waals surface area contributed by atoms with E-state index in [9.17, 15) is 14.7 Å². The molecule has 1 amide bonds. The fourth-order valence-electron chi connectivity index (χ4n) is 5.04. The van der Waals surface area contributed by atoms with Crippen molar-refractivity contribution >= 4 is 28.7 Å². The van der Waals surface area contributed by atoms with Gasteiger partial charge in [0.15, 0.2) is 0 Å².